The van der Waals surface area contributed by atoms with Crippen LogP contribution in [0.15, 0.2) is 18.2 Å². The molecule has 0 spiro atoms. The Hall–Kier alpha value is -1.35. The fourth-order valence-electron chi connectivity index (χ4n) is 5.87. The average Bonchev–Trinajstić information content (AvgIpc) is 2.55. The first-order chi connectivity index (χ1) is 11.1. The van der Waals surface area contributed by atoms with E-state index in [4.69, 9.17) is 4.74 Å². The van der Waals surface area contributed by atoms with Gasteiger partial charge in [-0.15, -0.1) is 0 Å². The van der Waals surface area contributed by atoms with Crippen molar-refractivity contribution in [1.82, 2.24) is 5.32 Å². The van der Waals surface area contributed by atoms with Crippen LogP contribution in [0.25, 0.3) is 0 Å². The number of rotatable bonds is 2. The van der Waals surface area contributed by atoms with Crippen molar-refractivity contribution in [2.45, 2.75) is 51.0 Å². The van der Waals surface area contributed by atoms with Crippen LogP contribution in [0.3, 0.4) is 0 Å². The minimum Gasteiger partial charge on any atom is -0.497 e. The molecule has 1 saturated heterocycles. The number of carbonyl (C=O) groups excluding carboxylic acids is 1. The number of ketones is 1. The molecule has 5 atom stereocenters. The van der Waals surface area contributed by atoms with Gasteiger partial charge in [0.1, 0.15) is 11.5 Å². The molecule has 23 heavy (non-hydrogen) atoms. The predicted molar refractivity (Wildman–Crippen MR) is 90.8 cm³/mol. The molecule has 1 aromatic rings. The highest BCUT2D eigenvalue weighted by Gasteiger charge is 2.58. The molecule has 2 fully saturated rings. The molecule has 1 aromatic carbocycles. The summed E-state index contributed by atoms with van der Waals surface area (Å²) < 4.78 is 5.49. The Labute approximate surface area is 138 Å². The summed E-state index contributed by atoms with van der Waals surface area (Å²) in [4.78, 5) is 12.8. The largest absolute Gasteiger partial charge is 0.497 e. The van der Waals surface area contributed by atoms with Crippen molar-refractivity contribution in [3.63, 3.8) is 0 Å². The van der Waals surface area contributed by atoms with Crippen molar-refractivity contribution in [3.8, 4) is 5.75 Å². The van der Waals surface area contributed by atoms with E-state index in [1.165, 1.54) is 11.1 Å². The molecule has 0 radical (unpaired) electrons. The summed E-state index contributed by atoms with van der Waals surface area (Å²) in [5.41, 5.74) is 2.84. The molecular weight excluding hydrogens is 286 g/mol. The lowest BCUT2D eigenvalue weighted by Crippen LogP contribution is -2.64. The maximum absolute atomic E-state index is 12.8. The lowest BCUT2D eigenvalue weighted by atomic mass is 9.47. The van der Waals surface area contributed by atoms with Gasteiger partial charge in [-0.05, 0) is 54.5 Å². The number of piperidine rings is 1. The Kier molecular flexibility index (Phi) is 3.53. The Morgan fingerprint density at radius 1 is 1.39 bits per heavy atom. The number of methoxy groups -OCH3 is 1. The smallest absolute Gasteiger partial charge is 0.136 e. The zero-order valence-electron chi connectivity index (χ0n) is 14.4. The van der Waals surface area contributed by atoms with E-state index in [0.717, 1.165) is 31.6 Å². The van der Waals surface area contributed by atoms with Gasteiger partial charge in [-0.2, -0.15) is 0 Å². The molecule has 3 nitrogen and oxygen atoms in total. The molecule has 3 aliphatic rings. The third-order valence-corrected chi connectivity index (χ3v) is 6.91. The average molecular weight is 313 g/mol. The van der Waals surface area contributed by atoms with Crippen LogP contribution < -0.4 is 10.1 Å². The molecule has 4 rings (SSSR count). The number of hydrogen-bond acceptors (Lipinski definition) is 3. The molecule has 1 heterocycles. The van der Waals surface area contributed by atoms with Crippen LogP contribution in [0.5, 0.6) is 5.75 Å². The standard InChI is InChI=1S/C20H27NO2/c1-4-15-12(2)18(22)11-20-7-8-21-17(19(15)20)9-13-5-6-14(23-3)10-16(13)20/h5-6,10,12,15,17,19,21H,4,7-9,11H2,1-3H3/t12-,15-,17-,19+,20+/m1/s1. The Bertz CT molecular complexity index is 641. The third kappa shape index (κ3) is 2.02. The third-order valence-electron chi connectivity index (χ3n) is 6.91. The monoisotopic (exact) mass is 313 g/mol. The van der Waals surface area contributed by atoms with Gasteiger partial charge in [0, 0.05) is 23.8 Å². The molecule has 0 aromatic heterocycles. The Morgan fingerprint density at radius 2 is 2.22 bits per heavy atom. The summed E-state index contributed by atoms with van der Waals surface area (Å²) in [7, 11) is 1.73. The Balaban J connectivity index is 1.91. The normalized spacial score (nSPS) is 38.7. The molecule has 1 saturated carbocycles. The van der Waals surface area contributed by atoms with Gasteiger partial charge in [0.15, 0.2) is 0 Å². The summed E-state index contributed by atoms with van der Waals surface area (Å²) in [6.07, 6.45) is 3.97. The maximum Gasteiger partial charge on any atom is 0.136 e. The molecular formula is C20H27NO2. The van der Waals surface area contributed by atoms with Crippen molar-refractivity contribution in [3.05, 3.63) is 29.3 Å². The number of nitrogens with one attached hydrogen (secondary N) is 1. The second-order valence-corrected chi connectivity index (χ2v) is 7.72. The second kappa shape index (κ2) is 5.34. The van der Waals surface area contributed by atoms with Crippen LogP contribution in [0.4, 0.5) is 0 Å². The van der Waals surface area contributed by atoms with Crippen molar-refractivity contribution in [1.29, 1.82) is 0 Å². The predicted octanol–water partition coefficient (Wildman–Crippen LogP) is 3.10. The van der Waals surface area contributed by atoms with E-state index in [9.17, 15) is 4.79 Å². The maximum atomic E-state index is 12.8. The molecule has 1 N–H and O–H groups in total. The van der Waals surface area contributed by atoms with Gasteiger partial charge >= 0.3 is 0 Å². The molecule has 1 aliphatic heterocycles. The lowest BCUT2D eigenvalue weighted by molar-refractivity contribution is -0.134. The van der Waals surface area contributed by atoms with Crippen LogP contribution in [0, 0.1) is 17.8 Å². The highest BCUT2D eigenvalue weighted by Crippen LogP contribution is 2.57. The first-order valence-corrected chi connectivity index (χ1v) is 9.04. The van der Waals surface area contributed by atoms with Gasteiger partial charge in [-0.25, -0.2) is 0 Å². The molecule has 124 valence electrons. The van der Waals surface area contributed by atoms with E-state index >= 15 is 0 Å². The SMILES string of the molecule is CC[C@H]1[C@H]2[C@H]3Cc4ccc(OC)cc4[C@]2(CCN3)CC(=O)[C@@H]1C. The topological polar surface area (TPSA) is 38.3 Å². The minimum absolute atomic E-state index is 0.0301. The molecule has 2 aliphatic carbocycles. The summed E-state index contributed by atoms with van der Waals surface area (Å²) >= 11 is 0. The molecule has 2 bridgehead atoms. The van der Waals surface area contributed by atoms with Crippen LogP contribution in [-0.4, -0.2) is 25.5 Å². The molecule has 3 heteroatoms. The van der Waals surface area contributed by atoms with Gasteiger partial charge in [0.05, 0.1) is 7.11 Å². The first kappa shape index (κ1) is 15.2. The van der Waals surface area contributed by atoms with Crippen LogP contribution in [-0.2, 0) is 16.6 Å². The zero-order chi connectivity index (χ0) is 16.2. The quantitative estimate of drug-likeness (QED) is 0.912. The van der Waals surface area contributed by atoms with Crippen molar-refractivity contribution in [2.24, 2.45) is 17.8 Å². The zero-order valence-corrected chi connectivity index (χ0v) is 14.4. The number of carbonyl (C=O) groups is 1. The van der Waals surface area contributed by atoms with Crippen molar-refractivity contribution < 1.29 is 9.53 Å². The summed E-state index contributed by atoms with van der Waals surface area (Å²) in [5.74, 6) is 2.66. The van der Waals surface area contributed by atoms with E-state index in [2.05, 4.69) is 37.4 Å². The summed E-state index contributed by atoms with van der Waals surface area (Å²) in [5, 5.41) is 3.77. The number of ether oxygens (including phenoxy) is 1. The number of benzene rings is 1. The van der Waals surface area contributed by atoms with Gasteiger partial charge in [0.2, 0.25) is 0 Å². The van der Waals surface area contributed by atoms with Gasteiger partial charge in [-0.3, -0.25) is 4.79 Å². The summed E-state index contributed by atoms with van der Waals surface area (Å²) in [6, 6.07) is 7.02. The molecule has 0 unspecified atom stereocenters. The van der Waals surface area contributed by atoms with Gasteiger partial charge in [-0.1, -0.05) is 26.3 Å². The van der Waals surface area contributed by atoms with Gasteiger partial charge < -0.3 is 10.1 Å². The Morgan fingerprint density at radius 3 is 2.96 bits per heavy atom. The van der Waals surface area contributed by atoms with Crippen molar-refractivity contribution in [2.75, 3.05) is 13.7 Å². The summed E-state index contributed by atoms with van der Waals surface area (Å²) in [6.45, 7) is 5.43. The number of hydrogen-bond donors (Lipinski definition) is 1. The van der Waals surface area contributed by atoms with E-state index < -0.39 is 0 Å². The minimum atomic E-state index is 0.0301. The number of Topliss-reactive ketones (excluding diaryl/α,β-unsaturated/α-hetero) is 1. The highest BCUT2D eigenvalue weighted by atomic mass is 16.5. The van der Waals surface area contributed by atoms with E-state index in [1.807, 2.05) is 0 Å². The van der Waals surface area contributed by atoms with Crippen LogP contribution >= 0.6 is 0 Å². The van der Waals surface area contributed by atoms with Crippen molar-refractivity contribution >= 4 is 5.78 Å². The van der Waals surface area contributed by atoms with Gasteiger partial charge in [0.25, 0.3) is 0 Å². The second-order valence-electron chi connectivity index (χ2n) is 7.72. The fraction of sp³-hybridized carbons (Fsp3) is 0.650. The molecule has 0 amide bonds. The first-order valence-electron chi connectivity index (χ1n) is 9.04. The highest BCUT2D eigenvalue weighted by molar-refractivity contribution is 5.84. The fourth-order valence-corrected chi connectivity index (χ4v) is 5.87. The van der Waals surface area contributed by atoms with E-state index in [0.29, 0.717) is 30.1 Å². The van der Waals surface area contributed by atoms with Crippen LogP contribution in [0.1, 0.15) is 44.2 Å². The van der Waals surface area contributed by atoms with E-state index in [-0.39, 0.29) is 11.3 Å². The lowest BCUT2D eigenvalue weighted by Gasteiger charge is -2.59. The van der Waals surface area contributed by atoms with E-state index in [1.54, 1.807) is 7.11 Å². The number of fused-ring (bicyclic) bond motifs is 1. The van der Waals surface area contributed by atoms with Crippen LogP contribution in [0.2, 0.25) is 0 Å².